The second-order valence-corrected chi connectivity index (χ2v) is 3.87. The van der Waals surface area contributed by atoms with Crippen molar-refractivity contribution in [2.45, 2.75) is 26.6 Å². The molecule has 0 saturated carbocycles. The van der Waals surface area contributed by atoms with Gasteiger partial charge >= 0.3 is 23.9 Å². The Kier molecular flexibility index (Phi) is 5.06. The second kappa shape index (κ2) is 6.37. The van der Waals surface area contributed by atoms with Gasteiger partial charge in [-0.05, 0) is 19.9 Å². The highest BCUT2D eigenvalue weighted by atomic mass is 19.4. The molecule has 1 heterocycles. The van der Waals surface area contributed by atoms with Gasteiger partial charge < -0.3 is 9.47 Å². The van der Waals surface area contributed by atoms with E-state index < -0.39 is 35.2 Å². The van der Waals surface area contributed by atoms with Crippen molar-refractivity contribution in [2.75, 3.05) is 6.61 Å². The first-order valence-electron chi connectivity index (χ1n) is 5.70. The van der Waals surface area contributed by atoms with Gasteiger partial charge in [0.25, 0.3) is 0 Å². The maximum absolute atomic E-state index is 12.3. The molecule has 0 aliphatic heterocycles. The SMILES string of the molecule is CCOC(=O)Cc1cc(C)c([N+](=O)[O-])c(OC(F)(F)F)n1. The monoisotopic (exact) mass is 308 g/mol. The van der Waals surface area contributed by atoms with Crippen LogP contribution in [0.1, 0.15) is 18.2 Å². The average molecular weight is 308 g/mol. The molecule has 0 bridgehead atoms. The first-order valence-corrected chi connectivity index (χ1v) is 5.70. The molecule has 1 rings (SSSR count). The largest absolute Gasteiger partial charge is 0.574 e. The first-order chi connectivity index (χ1) is 9.64. The summed E-state index contributed by atoms with van der Waals surface area (Å²) >= 11 is 0. The summed E-state index contributed by atoms with van der Waals surface area (Å²) in [7, 11) is 0. The summed E-state index contributed by atoms with van der Waals surface area (Å²) in [6.07, 6.45) is -5.55. The lowest BCUT2D eigenvalue weighted by Gasteiger charge is -2.11. The van der Waals surface area contributed by atoms with Crippen molar-refractivity contribution in [3.63, 3.8) is 0 Å². The number of nitrogens with zero attached hydrogens (tertiary/aromatic N) is 2. The number of esters is 1. The Morgan fingerprint density at radius 2 is 2.10 bits per heavy atom. The quantitative estimate of drug-likeness (QED) is 0.471. The van der Waals surface area contributed by atoms with Gasteiger partial charge in [0.1, 0.15) is 0 Å². The normalized spacial score (nSPS) is 11.1. The molecule has 0 atom stereocenters. The van der Waals surface area contributed by atoms with Crippen LogP contribution in [0.3, 0.4) is 0 Å². The summed E-state index contributed by atoms with van der Waals surface area (Å²) in [5.41, 5.74) is -1.12. The van der Waals surface area contributed by atoms with E-state index in [0.29, 0.717) is 0 Å². The molecule has 0 aliphatic rings. The molecule has 0 aromatic carbocycles. The number of carbonyl (C=O) groups is 1. The van der Waals surface area contributed by atoms with Crippen LogP contribution in [-0.2, 0) is 16.0 Å². The Labute approximate surface area is 116 Å². The third-order valence-electron chi connectivity index (χ3n) is 2.23. The molecule has 0 amide bonds. The van der Waals surface area contributed by atoms with Gasteiger partial charge in [0.2, 0.25) is 0 Å². The van der Waals surface area contributed by atoms with Gasteiger partial charge in [0, 0.05) is 5.56 Å². The van der Waals surface area contributed by atoms with Crippen molar-refractivity contribution in [1.82, 2.24) is 4.98 Å². The van der Waals surface area contributed by atoms with E-state index in [9.17, 15) is 28.1 Å². The zero-order chi connectivity index (χ0) is 16.2. The standard InChI is InChI=1S/C11H11F3N2O5/c1-3-20-8(17)5-7-4-6(2)9(16(18)19)10(15-7)21-11(12,13)14/h4H,3,5H2,1-2H3. The van der Waals surface area contributed by atoms with Crippen molar-refractivity contribution in [1.29, 1.82) is 0 Å². The third-order valence-corrected chi connectivity index (χ3v) is 2.23. The van der Waals surface area contributed by atoms with Crippen molar-refractivity contribution >= 4 is 11.7 Å². The predicted octanol–water partition coefficient (Wildman–Crippen LogP) is 2.30. The summed E-state index contributed by atoms with van der Waals surface area (Å²) in [5.74, 6) is -1.91. The molecule has 0 N–H and O–H groups in total. The molecule has 10 heteroatoms. The predicted molar refractivity (Wildman–Crippen MR) is 62.6 cm³/mol. The van der Waals surface area contributed by atoms with E-state index in [1.807, 2.05) is 0 Å². The minimum atomic E-state index is -5.13. The fourth-order valence-corrected chi connectivity index (χ4v) is 1.56. The van der Waals surface area contributed by atoms with Crippen molar-refractivity contribution < 1.29 is 32.4 Å². The van der Waals surface area contributed by atoms with Crippen LogP contribution in [-0.4, -0.2) is 28.8 Å². The molecule has 1 aromatic heterocycles. The van der Waals surface area contributed by atoms with Crippen molar-refractivity contribution in [3.8, 4) is 5.88 Å². The molecule has 116 valence electrons. The highest BCUT2D eigenvalue weighted by Crippen LogP contribution is 2.33. The van der Waals surface area contributed by atoms with Crippen LogP contribution < -0.4 is 4.74 Å². The highest BCUT2D eigenvalue weighted by Gasteiger charge is 2.36. The molecule has 0 radical (unpaired) electrons. The van der Waals surface area contributed by atoms with Gasteiger partial charge in [-0.25, -0.2) is 4.98 Å². The van der Waals surface area contributed by atoms with E-state index in [1.54, 1.807) is 6.92 Å². The maximum atomic E-state index is 12.3. The number of aryl methyl sites for hydroxylation is 1. The van der Waals surface area contributed by atoms with Gasteiger partial charge in [0.05, 0.1) is 23.6 Å². The molecule has 0 saturated heterocycles. The van der Waals surface area contributed by atoms with Gasteiger partial charge in [-0.1, -0.05) is 0 Å². The molecule has 0 unspecified atom stereocenters. The summed E-state index contributed by atoms with van der Waals surface area (Å²) in [6.45, 7) is 2.87. The number of nitro groups is 1. The van der Waals surface area contributed by atoms with Crippen molar-refractivity contribution in [3.05, 3.63) is 27.4 Å². The summed E-state index contributed by atoms with van der Waals surface area (Å²) in [4.78, 5) is 24.4. The van der Waals surface area contributed by atoms with E-state index in [4.69, 9.17) is 0 Å². The van der Waals surface area contributed by atoms with E-state index >= 15 is 0 Å². The lowest BCUT2D eigenvalue weighted by atomic mass is 10.2. The van der Waals surface area contributed by atoms with Gasteiger partial charge in [0.15, 0.2) is 0 Å². The molecular formula is C11H11F3N2O5. The number of pyridine rings is 1. The van der Waals surface area contributed by atoms with Crippen LogP contribution in [0.4, 0.5) is 18.9 Å². The lowest BCUT2D eigenvalue weighted by molar-refractivity contribution is -0.389. The Hall–Kier alpha value is -2.39. The second-order valence-electron chi connectivity index (χ2n) is 3.87. The van der Waals surface area contributed by atoms with Crippen LogP contribution in [0, 0.1) is 17.0 Å². The van der Waals surface area contributed by atoms with Crippen LogP contribution in [0.5, 0.6) is 5.88 Å². The first kappa shape index (κ1) is 16.7. The number of carbonyl (C=O) groups excluding carboxylic acids is 1. The van der Waals surface area contributed by atoms with Crippen LogP contribution >= 0.6 is 0 Å². The minimum absolute atomic E-state index is 0.0940. The van der Waals surface area contributed by atoms with Gasteiger partial charge in [-0.2, -0.15) is 0 Å². The zero-order valence-electron chi connectivity index (χ0n) is 11.1. The van der Waals surface area contributed by atoms with E-state index in [-0.39, 0.29) is 17.9 Å². The molecule has 7 nitrogen and oxygen atoms in total. The molecular weight excluding hydrogens is 297 g/mol. The Balaban J connectivity index is 3.20. The van der Waals surface area contributed by atoms with Gasteiger partial charge in [-0.15, -0.1) is 13.2 Å². The number of aromatic nitrogens is 1. The topological polar surface area (TPSA) is 91.6 Å². The van der Waals surface area contributed by atoms with E-state index in [1.165, 1.54) is 6.92 Å². The van der Waals surface area contributed by atoms with Gasteiger partial charge in [-0.3, -0.25) is 14.9 Å². The summed E-state index contributed by atoms with van der Waals surface area (Å²) in [6, 6.07) is 1.14. The minimum Gasteiger partial charge on any atom is -0.466 e. The smallest absolute Gasteiger partial charge is 0.466 e. The number of ether oxygens (including phenoxy) is 2. The van der Waals surface area contributed by atoms with Crippen LogP contribution in [0.25, 0.3) is 0 Å². The van der Waals surface area contributed by atoms with E-state index in [2.05, 4.69) is 14.5 Å². The Morgan fingerprint density at radius 3 is 2.57 bits per heavy atom. The maximum Gasteiger partial charge on any atom is 0.574 e. The molecule has 0 aliphatic carbocycles. The summed E-state index contributed by atoms with van der Waals surface area (Å²) < 4.78 is 44.9. The van der Waals surface area contributed by atoms with Crippen LogP contribution in [0.15, 0.2) is 6.07 Å². The highest BCUT2D eigenvalue weighted by molar-refractivity contribution is 5.72. The summed E-state index contributed by atoms with van der Waals surface area (Å²) in [5, 5.41) is 10.8. The number of alkyl halides is 3. The molecule has 1 aromatic rings. The molecule has 21 heavy (non-hydrogen) atoms. The fourth-order valence-electron chi connectivity index (χ4n) is 1.56. The Bertz CT molecular complexity index is 560. The third kappa shape index (κ3) is 4.89. The number of rotatable bonds is 5. The van der Waals surface area contributed by atoms with Crippen molar-refractivity contribution in [2.24, 2.45) is 0 Å². The number of hydrogen-bond acceptors (Lipinski definition) is 6. The Morgan fingerprint density at radius 1 is 1.48 bits per heavy atom. The molecule has 0 fully saturated rings. The number of halogens is 3. The van der Waals surface area contributed by atoms with E-state index in [0.717, 1.165) is 6.07 Å². The van der Waals surface area contributed by atoms with Crippen LogP contribution in [0.2, 0.25) is 0 Å². The average Bonchev–Trinajstić information content (AvgIpc) is 2.24. The fraction of sp³-hybridized carbons (Fsp3) is 0.455. The molecule has 0 spiro atoms. The zero-order valence-corrected chi connectivity index (χ0v) is 11.1. The number of hydrogen-bond donors (Lipinski definition) is 0. The lowest BCUT2D eigenvalue weighted by Crippen LogP contribution is -2.20.